The molecule has 0 spiro atoms. The molecule has 1 saturated heterocycles. The van der Waals surface area contributed by atoms with Crippen LogP contribution in [0.4, 0.5) is 0 Å². The number of rotatable bonds is 7. The summed E-state index contributed by atoms with van der Waals surface area (Å²) < 4.78 is 5.31. The van der Waals surface area contributed by atoms with Crippen molar-refractivity contribution >= 4 is 11.3 Å². The normalized spacial score (nSPS) is 19.1. The molecule has 2 heterocycles. The molecule has 1 aromatic rings. The van der Waals surface area contributed by atoms with Crippen molar-refractivity contribution < 1.29 is 9.84 Å². The second-order valence-corrected chi connectivity index (χ2v) is 7.01. The Labute approximate surface area is 125 Å². The first-order valence-corrected chi connectivity index (χ1v) is 8.19. The van der Waals surface area contributed by atoms with Crippen molar-refractivity contribution in [2.45, 2.75) is 25.4 Å². The first kappa shape index (κ1) is 15.9. The van der Waals surface area contributed by atoms with Gasteiger partial charge in [-0.3, -0.25) is 4.90 Å². The van der Waals surface area contributed by atoms with Gasteiger partial charge in [-0.2, -0.15) is 0 Å². The van der Waals surface area contributed by atoms with E-state index in [1.807, 2.05) is 0 Å². The Kier molecular flexibility index (Phi) is 5.99. The lowest BCUT2D eigenvalue weighted by Gasteiger charge is -2.29. The number of β-amino-alcohol motifs (C(OH)–C–C–N with tert-alkyl or cyclic N) is 1. The summed E-state index contributed by atoms with van der Waals surface area (Å²) in [7, 11) is 0. The lowest BCUT2D eigenvalue weighted by molar-refractivity contribution is 0.0148. The summed E-state index contributed by atoms with van der Waals surface area (Å²) in [5.74, 6) is 0. The van der Waals surface area contributed by atoms with Crippen LogP contribution in [0.15, 0.2) is 17.5 Å². The van der Waals surface area contributed by atoms with Gasteiger partial charge < -0.3 is 15.2 Å². The first-order valence-electron chi connectivity index (χ1n) is 7.31. The average Bonchev–Trinajstić information content (AvgIpc) is 2.94. The summed E-state index contributed by atoms with van der Waals surface area (Å²) in [6, 6.07) is 4.27. The van der Waals surface area contributed by atoms with E-state index in [9.17, 15) is 5.11 Å². The lowest BCUT2D eigenvalue weighted by Crippen LogP contribution is -2.45. The molecule has 0 saturated carbocycles. The topological polar surface area (TPSA) is 44.7 Å². The predicted octanol–water partition coefficient (Wildman–Crippen LogP) is 1.31. The molecule has 4 nitrogen and oxygen atoms in total. The maximum atomic E-state index is 10.1. The highest BCUT2D eigenvalue weighted by molar-refractivity contribution is 7.10. The number of hydrogen-bond donors (Lipinski definition) is 2. The number of morpholine rings is 1. The van der Waals surface area contributed by atoms with E-state index in [-0.39, 0.29) is 11.5 Å². The quantitative estimate of drug-likeness (QED) is 0.797. The predicted molar refractivity (Wildman–Crippen MR) is 83.5 cm³/mol. The fourth-order valence-electron chi connectivity index (χ4n) is 2.45. The van der Waals surface area contributed by atoms with E-state index >= 15 is 0 Å². The fraction of sp³-hybridized carbons (Fsp3) is 0.733. The minimum absolute atomic E-state index is 0.118. The zero-order valence-electron chi connectivity index (χ0n) is 12.5. The van der Waals surface area contributed by atoms with Crippen LogP contribution in [-0.4, -0.2) is 62.0 Å². The van der Waals surface area contributed by atoms with Crippen molar-refractivity contribution in [3.63, 3.8) is 0 Å². The molecule has 0 radical (unpaired) electrons. The Morgan fingerprint density at radius 3 is 2.85 bits per heavy atom. The Balaban J connectivity index is 1.67. The average molecular weight is 298 g/mol. The van der Waals surface area contributed by atoms with Gasteiger partial charge in [-0.05, 0) is 11.4 Å². The number of nitrogens with one attached hydrogen (secondary N) is 1. The number of ether oxygens (including phenoxy) is 1. The Morgan fingerprint density at radius 1 is 1.45 bits per heavy atom. The number of nitrogens with zero attached hydrogens (tertiary/aromatic N) is 1. The van der Waals surface area contributed by atoms with E-state index in [0.717, 1.165) is 39.4 Å². The molecule has 1 unspecified atom stereocenters. The fourth-order valence-corrected chi connectivity index (χ4v) is 3.30. The van der Waals surface area contributed by atoms with Gasteiger partial charge in [0.25, 0.3) is 0 Å². The van der Waals surface area contributed by atoms with Crippen molar-refractivity contribution in [1.82, 2.24) is 10.2 Å². The maximum Gasteiger partial charge on any atom is 0.0791 e. The summed E-state index contributed by atoms with van der Waals surface area (Å²) in [5, 5.41) is 15.6. The SMILES string of the molecule is CC(C)(CNCC(O)CN1CCOCC1)c1cccs1. The minimum Gasteiger partial charge on any atom is -0.390 e. The zero-order valence-corrected chi connectivity index (χ0v) is 13.3. The summed E-state index contributed by atoms with van der Waals surface area (Å²) >= 11 is 1.79. The standard InChI is InChI=1S/C15H26N2O2S/c1-15(2,14-4-3-9-20-14)12-16-10-13(18)11-17-5-7-19-8-6-17/h3-4,9,13,16,18H,5-8,10-12H2,1-2H3. The Morgan fingerprint density at radius 2 is 2.20 bits per heavy atom. The molecule has 5 heteroatoms. The van der Waals surface area contributed by atoms with Gasteiger partial charge in [-0.25, -0.2) is 0 Å². The number of hydrogen-bond acceptors (Lipinski definition) is 5. The summed E-state index contributed by atoms with van der Waals surface area (Å²) in [5.41, 5.74) is 0.118. The number of thiophene rings is 1. The molecule has 1 aromatic heterocycles. The van der Waals surface area contributed by atoms with Crippen LogP contribution in [0.5, 0.6) is 0 Å². The van der Waals surface area contributed by atoms with E-state index in [4.69, 9.17) is 4.74 Å². The molecule has 2 rings (SSSR count). The number of aliphatic hydroxyl groups is 1. The van der Waals surface area contributed by atoms with Crippen molar-refractivity contribution in [2.75, 3.05) is 45.9 Å². The molecule has 1 aliphatic rings. The van der Waals surface area contributed by atoms with Crippen LogP contribution in [0.25, 0.3) is 0 Å². The van der Waals surface area contributed by atoms with Crippen LogP contribution in [-0.2, 0) is 10.2 Å². The van der Waals surface area contributed by atoms with E-state index < -0.39 is 0 Å². The maximum absolute atomic E-state index is 10.1. The lowest BCUT2D eigenvalue weighted by atomic mass is 9.91. The molecule has 114 valence electrons. The van der Waals surface area contributed by atoms with E-state index in [1.165, 1.54) is 4.88 Å². The third kappa shape index (κ3) is 4.82. The van der Waals surface area contributed by atoms with E-state index in [1.54, 1.807) is 11.3 Å². The van der Waals surface area contributed by atoms with Crippen LogP contribution in [0, 0.1) is 0 Å². The van der Waals surface area contributed by atoms with Crippen molar-refractivity contribution in [1.29, 1.82) is 0 Å². The molecular weight excluding hydrogens is 272 g/mol. The van der Waals surface area contributed by atoms with Gasteiger partial charge >= 0.3 is 0 Å². The first-order chi connectivity index (χ1) is 9.58. The van der Waals surface area contributed by atoms with Crippen LogP contribution in [0.3, 0.4) is 0 Å². The third-order valence-electron chi connectivity index (χ3n) is 3.71. The molecule has 20 heavy (non-hydrogen) atoms. The molecule has 0 bridgehead atoms. The smallest absolute Gasteiger partial charge is 0.0791 e. The van der Waals surface area contributed by atoms with Crippen molar-refractivity contribution in [2.24, 2.45) is 0 Å². The highest BCUT2D eigenvalue weighted by Gasteiger charge is 2.22. The van der Waals surface area contributed by atoms with Crippen LogP contribution in [0.1, 0.15) is 18.7 Å². The van der Waals surface area contributed by atoms with Gasteiger partial charge in [0.2, 0.25) is 0 Å². The molecular formula is C15H26N2O2S. The molecule has 1 fully saturated rings. The summed E-state index contributed by atoms with van der Waals surface area (Å²) in [4.78, 5) is 3.65. The second kappa shape index (κ2) is 7.52. The van der Waals surface area contributed by atoms with Gasteiger partial charge in [-0.15, -0.1) is 11.3 Å². The van der Waals surface area contributed by atoms with E-state index in [2.05, 4.69) is 41.6 Å². The minimum atomic E-state index is -0.313. The zero-order chi connectivity index (χ0) is 14.4. The third-order valence-corrected chi connectivity index (χ3v) is 4.94. The van der Waals surface area contributed by atoms with Gasteiger partial charge in [0.1, 0.15) is 0 Å². The van der Waals surface area contributed by atoms with Crippen molar-refractivity contribution in [3.05, 3.63) is 22.4 Å². The molecule has 1 atom stereocenters. The second-order valence-electron chi connectivity index (χ2n) is 6.06. The van der Waals surface area contributed by atoms with Gasteiger partial charge in [0.15, 0.2) is 0 Å². The van der Waals surface area contributed by atoms with E-state index in [0.29, 0.717) is 6.54 Å². The van der Waals surface area contributed by atoms with Gasteiger partial charge in [-0.1, -0.05) is 19.9 Å². The van der Waals surface area contributed by atoms with Crippen molar-refractivity contribution in [3.8, 4) is 0 Å². The highest BCUT2D eigenvalue weighted by atomic mass is 32.1. The van der Waals surface area contributed by atoms with Crippen LogP contribution in [0.2, 0.25) is 0 Å². The monoisotopic (exact) mass is 298 g/mol. The largest absolute Gasteiger partial charge is 0.390 e. The van der Waals surface area contributed by atoms with Crippen LogP contribution >= 0.6 is 11.3 Å². The van der Waals surface area contributed by atoms with Crippen LogP contribution < -0.4 is 5.32 Å². The highest BCUT2D eigenvalue weighted by Crippen LogP contribution is 2.26. The molecule has 0 aromatic carbocycles. The Hall–Kier alpha value is -0.460. The number of aliphatic hydroxyl groups excluding tert-OH is 1. The van der Waals surface area contributed by atoms with Gasteiger partial charge in [0.05, 0.1) is 19.3 Å². The molecule has 2 N–H and O–H groups in total. The molecule has 0 aliphatic carbocycles. The summed E-state index contributed by atoms with van der Waals surface area (Å²) in [6.07, 6.45) is -0.313. The molecule has 0 amide bonds. The van der Waals surface area contributed by atoms with Gasteiger partial charge in [0, 0.05) is 43.0 Å². The molecule has 1 aliphatic heterocycles. The summed E-state index contributed by atoms with van der Waals surface area (Å²) in [6.45, 7) is 10.2. The Bertz CT molecular complexity index is 375.